The zero-order chi connectivity index (χ0) is 19.0. The van der Waals surface area contributed by atoms with Crippen LogP contribution in [0.4, 0.5) is 13.6 Å². The number of ether oxygens (including phenoxy) is 1. The highest BCUT2D eigenvalue weighted by Crippen LogP contribution is 2.55. The fraction of sp³-hybridized carbons (Fsp3) is 0.941. The fourth-order valence-electron chi connectivity index (χ4n) is 5.42. The van der Waals surface area contributed by atoms with Gasteiger partial charge in [0.25, 0.3) is 0 Å². The van der Waals surface area contributed by atoms with E-state index in [1.54, 1.807) is 0 Å². The van der Waals surface area contributed by atoms with Gasteiger partial charge < -0.3 is 10.1 Å². The molecule has 1 amide bonds. The van der Waals surface area contributed by atoms with Gasteiger partial charge in [0.2, 0.25) is 0 Å². The third kappa shape index (κ3) is 4.47. The van der Waals surface area contributed by atoms with Gasteiger partial charge in [-0.1, -0.05) is 0 Å². The van der Waals surface area contributed by atoms with Crippen LogP contribution in [0, 0.1) is 17.8 Å². The number of rotatable bonds is 8. The molecule has 4 fully saturated rings. The monoisotopic (exact) mass is 395 g/mol. The summed E-state index contributed by atoms with van der Waals surface area (Å²) in [6.07, 6.45) is 6.12. The lowest BCUT2D eigenvalue weighted by Crippen LogP contribution is -2.59. The van der Waals surface area contributed by atoms with Crippen molar-refractivity contribution < 1.29 is 31.3 Å². The fourth-order valence-corrected chi connectivity index (χ4v) is 5.82. The molecule has 4 rings (SSSR count). The summed E-state index contributed by atoms with van der Waals surface area (Å²) < 4.78 is 60.7. The molecule has 0 saturated heterocycles. The first-order valence-corrected chi connectivity index (χ1v) is 10.8. The van der Waals surface area contributed by atoms with E-state index in [1.165, 1.54) is 19.3 Å². The van der Waals surface area contributed by atoms with Gasteiger partial charge in [-0.15, -0.1) is 0 Å². The lowest BCUT2D eigenvalue weighted by molar-refractivity contribution is -0.0191. The van der Waals surface area contributed by atoms with E-state index < -0.39 is 27.9 Å². The first-order valence-electron chi connectivity index (χ1n) is 9.38. The van der Waals surface area contributed by atoms with Crippen LogP contribution in [-0.4, -0.2) is 36.5 Å². The SMILES string of the molecule is O=C(NC12CC3CC(CC(C3)C1)C2)OCCCCCC(F)(F)S(=O)(=O)O. The number of amides is 1. The molecule has 0 heterocycles. The highest BCUT2D eigenvalue weighted by molar-refractivity contribution is 7.86. The Morgan fingerprint density at radius 1 is 1.08 bits per heavy atom. The van der Waals surface area contributed by atoms with Crippen molar-refractivity contribution in [2.45, 2.75) is 75.0 Å². The lowest BCUT2D eigenvalue weighted by atomic mass is 9.53. The maximum atomic E-state index is 13.0. The quantitative estimate of drug-likeness (QED) is 0.483. The van der Waals surface area contributed by atoms with Crippen molar-refractivity contribution in [1.29, 1.82) is 0 Å². The standard InChI is InChI=1S/C17H27F2NO5S/c18-17(19,26(22,23)24)4-2-1-3-5-25-15(21)20-16-9-12-6-13(10-16)8-14(7-12)11-16/h12-14H,1-11H2,(H,20,21)(H,22,23,24). The van der Waals surface area contributed by atoms with E-state index in [9.17, 15) is 22.0 Å². The Kier molecular flexibility index (Phi) is 5.50. The molecule has 4 aliphatic rings. The van der Waals surface area contributed by atoms with Crippen LogP contribution in [0.5, 0.6) is 0 Å². The molecule has 0 radical (unpaired) electrons. The Bertz CT molecular complexity index is 602. The molecular weight excluding hydrogens is 368 g/mol. The van der Waals surface area contributed by atoms with E-state index in [0.717, 1.165) is 19.3 Å². The maximum absolute atomic E-state index is 13.0. The molecule has 26 heavy (non-hydrogen) atoms. The van der Waals surface area contributed by atoms with E-state index in [0.29, 0.717) is 24.2 Å². The van der Waals surface area contributed by atoms with Crippen molar-refractivity contribution in [2.75, 3.05) is 6.61 Å². The minimum atomic E-state index is -5.36. The molecule has 4 aliphatic carbocycles. The smallest absolute Gasteiger partial charge is 0.407 e. The van der Waals surface area contributed by atoms with Crippen LogP contribution in [-0.2, 0) is 14.9 Å². The topological polar surface area (TPSA) is 92.7 Å². The van der Waals surface area contributed by atoms with Gasteiger partial charge in [-0.05, 0) is 75.5 Å². The van der Waals surface area contributed by atoms with Crippen molar-refractivity contribution in [3.8, 4) is 0 Å². The van der Waals surface area contributed by atoms with Crippen molar-refractivity contribution in [2.24, 2.45) is 17.8 Å². The van der Waals surface area contributed by atoms with Crippen LogP contribution in [0.15, 0.2) is 0 Å². The predicted molar refractivity (Wildman–Crippen MR) is 90.4 cm³/mol. The molecule has 9 heteroatoms. The second-order valence-corrected chi connectivity index (χ2v) is 9.93. The second-order valence-electron chi connectivity index (χ2n) is 8.38. The second kappa shape index (κ2) is 7.22. The third-order valence-electron chi connectivity index (χ3n) is 6.13. The number of hydrogen-bond acceptors (Lipinski definition) is 4. The summed E-state index contributed by atoms with van der Waals surface area (Å²) in [5.74, 6) is 2.14. The van der Waals surface area contributed by atoms with Gasteiger partial charge >= 0.3 is 21.5 Å². The van der Waals surface area contributed by atoms with Crippen LogP contribution in [0.25, 0.3) is 0 Å². The summed E-state index contributed by atoms with van der Waals surface area (Å²) >= 11 is 0. The van der Waals surface area contributed by atoms with Gasteiger partial charge in [-0.25, -0.2) is 4.79 Å². The Morgan fingerprint density at radius 3 is 2.12 bits per heavy atom. The summed E-state index contributed by atoms with van der Waals surface area (Å²) in [5.41, 5.74) is -0.122. The van der Waals surface area contributed by atoms with Gasteiger partial charge in [0.1, 0.15) is 0 Å². The number of carbonyl (C=O) groups excluding carboxylic acids is 1. The number of halogens is 2. The minimum absolute atomic E-state index is 0.0766. The molecule has 0 aromatic rings. The van der Waals surface area contributed by atoms with Crippen molar-refractivity contribution >= 4 is 16.2 Å². The first kappa shape index (κ1) is 19.8. The molecule has 0 spiro atoms. The maximum Gasteiger partial charge on any atom is 0.407 e. The average Bonchev–Trinajstić information content (AvgIpc) is 2.47. The van der Waals surface area contributed by atoms with Gasteiger partial charge in [-0.3, -0.25) is 4.55 Å². The number of alkyl halides is 2. The van der Waals surface area contributed by atoms with E-state index in [1.807, 2.05) is 0 Å². The highest BCUT2D eigenvalue weighted by Gasteiger charge is 2.51. The summed E-state index contributed by atoms with van der Waals surface area (Å²) in [4.78, 5) is 12.1. The number of unbranched alkanes of at least 4 members (excludes halogenated alkanes) is 2. The van der Waals surface area contributed by atoms with E-state index >= 15 is 0 Å². The number of carbonyl (C=O) groups is 1. The predicted octanol–water partition coefficient (Wildman–Crippen LogP) is 3.72. The molecule has 0 aliphatic heterocycles. The lowest BCUT2D eigenvalue weighted by Gasteiger charge is -2.56. The van der Waals surface area contributed by atoms with E-state index in [4.69, 9.17) is 9.29 Å². The van der Waals surface area contributed by atoms with Crippen LogP contribution in [0.3, 0.4) is 0 Å². The molecular formula is C17H27F2NO5S. The highest BCUT2D eigenvalue weighted by atomic mass is 32.2. The van der Waals surface area contributed by atoms with Gasteiger partial charge in [-0.2, -0.15) is 17.2 Å². The summed E-state index contributed by atoms with van der Waals surface area (Å²) in [6, 6.07) is 0. The molecule has 0 aromatic carbocycles. The van der Waals surface area contributed by atoms with Gasteiger partial charge in [0.05, 0.1) is 6.61 Å². The average molecular weight is 395 g/mol. The van der Waals surface area contributed by atoms with Crippen LogP contribution < -0.4 is 5.32 Å². The molecule has 4 saturated carbocycles. The Labute approximate surface area is 152 Å². The third-order valence-corrected chi connectivity index (χ3v) is 7.09. The number of hydrogen-bond donors (Lipinski definition) is 2. The van der Waals surface area contributed by atoms with Crippen LogP contribution >= 0.6 is 0 Å². The molecule has 2 N–H and O–H groups in total. The van der Waals surface area contributed by atoms with Crippen molar-refractivity contribution in [3.05, 3.63) is 0 Å². The van der Waals surface area contributed by atoms with Gasteiger partial charge in [0, 0.05) is 12.0 Å². The Hall–Kier alpha value is -0.960. The minimum Gasteiger partial charge on any atom is -0.450 e. The zero-order valence-electron chi connectivity index (χ0n) is 14.8. The number of nitrogens with one attached hydrogen (secondary N) is 1. The Morgan fingerprint density at radius 2 is 1.62 bits per heavy atom. The molecule has 0 aromatic heterocycles. The van der Waals surface area contributed by atoms with Crippen LogP contribution in [0.2, 0.25) is 0 Å². The summed E-state index contributed by atoms with van der Waals surface area (Å²) in [7, 11) is -5.36. The largest absolute Gasteiger partial charge is 0.450 e. The molecule has 150 valence electrons. The molecule has 6 nitrogen and oxygen atoms in total. The van der Waals surface area contributed by atoms with E-state index in [-0.39, 0.29) is 25.0 Å². The summed E-state index contributed by atoms with van der Waals surface area (Å²) in [5, 5.41) is -1.06. The van der Waals surface area contributed by atoms with Gasteiger partial charge in [0.15, 0.2) is 0 Å². The first-order chi connectivity index (χ1) is 12.1. The van der Waals surface area contributed by atoms with Crippen molar-refractivity contribution in [3.63, 3.8) is 0 Å². The molecule has 0 atom stereocenters. The van der Waals surface area contributed by atoms with E-state index in [2.05, 4.69) is 5.32 Å². The number of alkyl carbamates (subject to hydrolysis) is 1. The zero-order valence-corrected chi connectivity index (χ0v) is 15.6. The normalized spacial score (nSPS) is 33.3. The van der Waals surface area contributed by atoms with Crippen LogP contribution in [0.1, 0.15) is 64.2 Å². The summed E-state index contributed by atoms with van der Waals surface area (Å²) in [6.45, 7) is 0.107. The molecule has 4 bridgehead atoms. The van der Waals surface area contributed by atoms with Crippen molar-refractivity contribution in [1.82, 2.24) is 5.32 Å². The molecule has 0 unspecified atom stereocenters. The Balaban J connectivity index is 1.33.